The van der Waals surface area contributed by atoms with Gasteiger partial charge in [0.1, 0.15) is 11.6 Å². The molecule has 1 aromatic carbocycles. The minimum absolute atomic E-state index is 0.364. The Labute approximate surface area is 97.9 Å². The van der Waals surface area contributed by atoms with Crippen LogP contribution in [0.3, 0.4) is 0 Å². The van der Waals surface area contributed by atoms with Crippen LogP contribution >= 0.6 is 0 Å². The number of carbonyl (C=O) groups is 1. The second kappa shape index (κ2) is 4.74. The zero-order chi connectivity index (χ0) is 12.3. The molecule has 4 heteroatoms. The van der Waals surface area contributed by atoms with Crippen molar-refractivity contribution in [3.8, 4) is 16.9 Å². The van der Waals surface area contributed by atoms with Crippen molar-refractivity contribution in [3.05, 3.63) is 48.0 Å². The lowest BCUT2D eigenvalue weighted by Crippen LogP contribution is -1.91. The maximum absolute atomic E-state index is 13.2. The van der Waals surface area contributed by atoms with Gasteiger partial charge >= 0.3 is 0 Å². The van der Waals surface area contributed by atoms with Gasteiger partial charge in [-0.25, -0.2) is 4.39 Å². The van der Waals surface area contributed by atoms with Crippen LogP contribution in [-0.4, -0.2) is 18.4 Å². The average molecular weight is 231 g/mol. The van der Waals surface area contributed by atoms with Crippen LogP contribution in [0, 0.1) is 5.82 Å². The van der Waals surface area contributed by atoms with Crippen LogP contribution in [0.2, 0.25) is 0 Å². The number of halogens is 1. The third-order valence-electron chi connectivity index (χ3n) is 2.37. The number of pyridine rings is 1. The molecule has 2 aromatic rings. The first-order valence-electron chi connectivity index (χ1n) is 4.98. The summed E-state index contributed by atoms with van der Waals surface area (Å²) in [4.78, 5) is 14.6. The summed E-state index contributed by atoms with van der Waals surface area (Å²) >= 11 is 0. The molecule has 0 spiro atoms. The molecule has 0 N–H and O–H groups in total. The normalized spacial score (nSPS) is 10.0. The van der Waals surface area contributed by atoms with Gasteiger partial charge in [0.15, 0.2) is 6.29 Å². The Kier molecular flexibility index (Phi) is 3.14. The largest absolute Gasteiger partial charge is 0.496 e. The van der Waals surface area contributed by atoms with Crippen molar-refractivity contribution in [3.63, 3.8) is 0 Å². The summed E-state index contributed by atoms with van der Waals surface area (Å²) in [5.74, 6) is 0.175. The number of rotatable bonds is 3. The number of aldehydes is 1. The number of hydrogen-bond acceptors (Lipinski definition) is 3. The molecule has 1 heterocycles. The molecule has 0 bridgehead atoms. The molecule has 0 saturated heterocycles. The smallest absolute Gasteiger partial charge is 0.151 e. The predicted molar refractivity (Wildman–Crippen MR) is 61.6 cm³/mol. The van der Waals surface area contributed by atoms with E-state index in [0.717, 1.165) is 0 Å². The highest BCUT2D eigenvalue weighted by Crippen LogP contribution is 2.30. The Morgan fingerprint density at radius 3 is 2.82 bits per heavy atom. The maximum Gasteiger partial charge on any atom is 0.151 e. The highest BCUT2D eigenvalue weighted by atomic mass is 19.1. The standard InChI is InChI=1S/C13H10FNO2/c1-17-13-3-2-11(14)5-12(13)10-4-9(8-16)6-15-7-10/h2-8H,1H3. The van der Waals surface area contributed by atoms with E-state index in [-0.39, 0.29) is 5.82 Å². The van der Waals surface area contributed by atoms with E-state index in [9.17, 15) is 9.18 Å². The lowest BCUT2D eigenvalue weighted by Gasteiger charge is -2.08. The van der Waals surface area contributed by atoms with Gasteiger partial charge in [0, 0.05) is 29.1 Å². The highest BCUT2D eigenvalue weighted by molar-refractivity contribution is 5.79. The lowest BCUT2D eigenvalue weighted by molar-refractivity contribution is 0.112. The summed E-state index contributed by atoms with van der Waals surface area (Å²) in [5.41, 5.74) is 1.66. The Bertz CT molecular complexity index is 555. The first kappa shape index (κ1) is 11.3. The van der Waals surface area contributed by atoms with Crippen molar-refractivity contribution in [2.75, 3.05) is 7.11 Å². The molecular formula is C13H10FNO2. The van der Waals surface area contributed by atoms with Gasteiger partial charge < -0.3 is 4.74 Å². The van der Waals surface area contributed by atoms with Crippen molar-refractivity contribution >= 4 is 6.29 Å². The van der Waals surface area contributed by atoms with Crippen molar-refractivity contribution < 1.29 is 13.9 Å². The Hall–Kier alpha value is -2.23. The quantitative estimate of drug-likeness (QED) is 0.762. The van der Waals surface area contributed by atoms with Crippen molar-refractivity contribution in [2.45, 2.75) is 0 Å². The van der Waals surface area contributed by atoms with E-state index >= 15 is 0 Å². The topological polar surface area (TPSA) is 39.2 Å². The highest BCUT2D eigenvalue weighted by Gasteiger charge is 2.08. The molecule has 86 valence electrons. The lowest BCUT2D eigenvalue weighted by atomic mass is 10.1. The summed E-state index contributed by atoms with van der Waals surface area (Å²) in [5, 5.41) is 0. The SMILES string of the molecule is COc1ccc(F)cc1-c1cncc(C=O)c1. The van der Waals surface area contributed by atoms with Gasteiger partial charge in [-0.05, 0) is 24.3 Å². The summed E-state index contributed by atoms with van der Waals surface area (Å²) in [7, 11) is 1.51. The molecule has 0 amide bonds. The predicted octanol–water partition coefficient (Wildman–Crippen LogP) is 2.71. The third-order valence-corrected chi connectivity index (χ3v) is 2.37. The molecule has 1 aromatic heterocycles. The van der Waals surface area contributed by atoms with Gasteiger partial charge in [-0.1, -0.05) is 0 Å². The van der Waals surface area contributed by atoms with E-state index in [0.29, 0.717) is 28.7 Å². The first-order valence-corrected chi connectivity index (χ1v) is 4.98. The number of carbonyl (C=O) groups excluding carboxylic acids is 1. The van der Waals surface area contributed by atoms with E-state index < -0.39 is 0 Å². The molecule has 0 fully saturated rings. The average Bonchev–Trinajstić information content (AvgIpc) is 2.39. The summed E-state index contributed by atoms with van der Waals surface area (Å²) < 4.78 is 18.4. The molecule has 0 saturated carbocycles. The molecule has 0 aliphatic rings. The Morgan fingerprint density at radius 2 is 2.12 bits per heavy atom. The molecule has 2 rings (SSSR count). The van der Waals surface area contributed by atoms with Crippen LogP contribution in [-0.2, 0) is 0 Å². The summed E-state index contributed by atoms with van der Waals surface area (Å²) in [6, 6.07) is 5.85. The second-order valence-electron chi connectivity index (χ2n) is 3.47. The van der Waals surface area contributed by atoms with E-state index in [1.54, 1.807) is 12.3 Å². The summed E-state index contributed by atoms with van der Waals surface area (Å²) in [6.45, 7) is 0. The number of benzene rings is 1. The van der Waals surface area contributed by atoms with Crippen molar-refractivity contribution in [2.24, 2.45) is 0 Å². The molecule has 0 radical (unpaired) electrons. The van der Waals surface area contributed by atoms with Gasteiger partial charge in [0.25, 0.3) is 0 Å². The van der Waals surface area contributed by atoms with Crippen LogP contribution in [0.25, 0.3) is 11.1 Å². The third kappa shape index (κ3) is 2.30. The zero-order valence-corrected chi connectivity index (χ0v) is 9.18. The molecule has 17 heavy (non-hydrogen) atoms. The molecular weight excluding hydrogens is 221 g/mol. The van der Waals surface area contributed by atoms with Crippen LogP contribution in [0.15, 0.2) is 36.7 Å². The van der Waals surface area contributed by atoms with Gasteiger partial charge in [-0.2, -0.15) is 0 Å². The van der Waals surface area contributed by atoms with Gasteiger partial charge in [-0.15, -0.1) is 0 Å². The van der Waals surface area contributed by atoms with E-state index in [1.165, 1.54) is 31.5 Å². The first-order chi connectivity index (χ1) is 8.24. The minimum atomic E-state index is -0.364. The molecule has 0 atom stereocenters. The van der Waals surface area contributed by atoms with E-state index in [2.05, 4.69) is 4.98 Å². The fraction of sp³-hybridized carbons (Fsp3) is 0.0769. The van der Waals surface area contributed by atoms with Gasteiger partial charge in [0.2, 0.25) is 0 Å². The van der Waals surface area contributed by atoms with Crippen LogP contribution < -0.4 is 4.74 Å². The van der Waals surface area contributed by atoms with Gasteiger partial charge in [0.05, 0.1) is 7.11 Å². The molecule has 3 nitrogen and oxygen atoms in total. The van der Waals surface area contributed by atoms with E-state index in [4.69, 9.17) is 4.74 Å². The number of methoxy groups -OCH3 is 1. The van der Waals surface area contributed by atoms with E-state index in [1.807, 2.05) is 0 Å². The monoisotopic (exact) mass is 231 g/mol. The van der Waals surface area contributed by atoms with Crippen LogP contribution in [0.1, 0.15) is 10.4 Å². The van der Waals surface area contributed by atoms with Crippen molar-refractivity contribution in [1.82, 2.24) is 4.98 Å². The minimum Gasteiger partial charge on any atom is -0.496 e. The Morgan fingerprint density at radius 1 is 1.29 bits per heavy atom. The molecule has 0 aliphatic carbocycles. The number of ether oxygens (including phenoxy) is 1. The number of nitrogens with zero attached hydrogens (tertiary/aromatic N) is 1. The van der Waals surface area contributed by atoms with Crippen LogP contribution in [0.5, 0.6) is 5.75 Å². The maximum atomic E-state index is 13.2. The second-order valence-corrected chi connectivity index (χ2v) is 3.47. The van der Waals surface area contributed by atoms with Gasteiger partial charge in [-0.3, -0.25) is 9.78 Å². The molecule has 0 aliphatic heterocycles. The molecule has 0 unspecified atom stereocenters. The fourth-order valence-electron chi connectivity index (χ4n) is 1.58. The fourth-order valence-corrected chi connectivity index (χ4v) is 1.58. The summed E-state index contributed by atoms with van der Waals surface area (Å²) in [6.07, 6.45) is 3.70. The van der Waals surface area contributed by atoms with Crippen molar-refractivity contribution in [1.29, 1.82) is 0 Å². The zero-order valence-electron chi connectivity index (χ0n) is 9.18. The van der Waals surface area contributed by atoms with Crippen LogP contribution in [0.4, 0.5) is 4.39 Å². The number of aromatic nitrogens is 1. The Balaban J connectivity index is 2.58. The number of hydrogen-bond donors (Lipinski definition) is 0.